The van der Waals surface area contributed by atoms with Crippen LogP contribution < -0.4 is 14.8 Å². The molecule has 1 unspecified atom stereocenters. The monoisotopic (exact) mass is 297 g/mol. The summed E-state index contributed by atoms with van der Waals surface area (Å²) in [6, 6.07) is 1.96. The summed E-state index contributed by atoms with van der Waals surface area (Å²) in [6.45, 7) is 0. The summed E-state index contributed by atoms with van der Waals surface area (Å²) < 4.78 is 47.6. The second-order valence-corrected chi connectivity index (χ2v) is 4.30. The molecule has 0 fully saturated rings. The molecule has 0 radical (unpaired) electrons. The standard InChI is InChI=1S/C12H15ClF3NO2/c1-17-9(6-12(14,15)16)7-4-10(18-2)11(19-3)5-8(7)13/h4-5,9,17H,6H2,1-3H3. The van der Waals surface area contributed by atoms with Gasteiger partial charge in [-0.15, -0.1) is 0 Å². The van der Waals surface area contributed by atoms with Crippen molar-refractivity contribution in [2.24, 2.45) is 0 Å². The van der Waals surface area contributed by atoms with Gasteiger partial charge in [0.1, 0.15) is 0 Å². The van der Waals surface area contributed by atoms with Crippen LogP contribution in [0.5, 0.6) is 11.5 Å². The Morgan fingerprint density at radius 1 is 1.21 bits per heavy atom. The van der Waals surface area contributed by atoms with E-state index < -0.39 is 18.6 Å². The Balaban J connectivity index is 3.17. The Kier molecular flexibility index (Phi) is 5.31. The lowest BCUT2D eigenvalue weighted by molar-refractivity contribution is -0.140. The highest BCUT2D eigenvalue weighted by molar-refractivity contribution is 6.31. The van der Waals surface area contributed by atoms with Crippen molar-refractivity contribution in [2.45, 2.75) is 18.6 Å². The molecule has 1 atom stereocenters. The van der Waals surface area contributed by atoms with Gasteiger partial charge in [-0.05, 0) is 18.7 Å². The number of halogens is 4. The largest absolute Gasteiger partial charge is 0.493 e. The molecule has 0 bridgehead atoms. The Hall–Kier alpha value is -1.14. The second kappa shape index (κ2) is 6.34. The molecule has 0 aliphatic rings. The lowest BCUT2D eigenvalue weighted by atomic mass is 10.0. The Morgan fingerprint density at radius 3 is 2.16 bits per heavy atom. The Morgan fingerprint density at radius 2 is 1.74 bits per heavy atom. The van der Waals surface area contributed by atoms with Gasteiger partial charge in [0.25, 0.3) is 0 Å². The van der Waals surface area contributed by atoms with Crippen LogP contribution in [0.1, 0.15) is 18.0 Å². The summed E-state index contributed by atoms with van der Waals surface area (Å²) in [5, 5.41) is 2.80. The molecule has 0 amide bonds. The van der Waals surface area contributed by atoms with Crippen LogP contribution in [0.25, 0.3) is 0 Å². The van der Waals surface area contributed by atoms with Crippen LogP contribution in [0.3, 0.4) is 0 Å². The molecule has 108 valence electrons. The van der Waals surface area contributed by atoms with Gasteiger partial charge in [-0.25, -0.2) is 0 Å². The summed E-state index contributed by atoms with van der Waals surface area (Å²) in [5.74, 6) is 0.711. The molecule has 0 heterocycles. The van der Waals surface area contributed by atoms with Gasteiger partial charge < -0.3 is 14.8 Å². The number of benzene rings is 1. The van der Waals surface area contributed by atoms with Crippen molar-refractivity contribution in [1.29, 1.82) is 0 Å². The predicted octanol–water partition coefficient (Wildman–Crippen LogP) is 3.57. The molecule has 1 aromatic rings. The van der Waals surface area contributed by atoms with Crippen LogP contribution in [0.4, 0.5) is 13.2 Å². The van der Waals surface area contributed by atoms with Crippen molar-refractivity contribution in [3.05, 3.63) is 22.7 Å². The molecule has 1 N–H and O–H groups in total. The molecular weight excluding hydrogens is 283 g/mol. The van der Waals surface area contributed by atoms with Gasteiger partial charge in [-0.2, -0.15) is 13.2 Å². The first-order valence-corrected chi connectivity index (χ1v) is 5.85. The van der Waals surface area contributed by atoms with E-state index in [9.17, 15) is 13.2 Å². The van der Waals surface area contributed by atoms with Crippen LogP contribution in [0.15, 0.2) is 12.1 Å². The first-order chi connectivity index (χ1) is 8.82. The minimum absolute atomic E-state index is 0.196. The third-order valence-electron chi connectivity index (χ3n) is 2.66. The van der Waals surface area contributed by atoms with Crippen LogP contribution in [-0.2, 0) is 0 Å². The van der Waals surface area contributed by atoms with E-state index >= 15 is 0 Å². The highest BCUT2D eigenvalue weighted by atomic mass is 35.5. The maximum atomic E-state index is 12.5. The number of alkyl halides is 3. The average molecular weight is 298 g/mol. The lowest BCUT2D eigenvalue weighted by Gasteiger charge is -2.21. The van der Waals surface area contributed by atoms with Gasteiger partial charge in [0.05, 0.1) is 20.6 Å². The molecule has 0 saturated heterocycles. The summed E-state index contributed by atoms with van der Waals surface area (Å²) in [7, 11) is 4.29. The molecule has 1 rings (SSSR count). The first-order valence-electron chi connectivity index (χ1n) is 5.47. The smallest absolute Gasteiger partial charge is 0.390 e. The first kappa shape index (κ1) is 15.9. The average Bonchev–Trinajstić information content (AvgIpc) is 2.34. The van der Waals surface area contributed by atoms with Crippen molar-refractivity contribution in [3.63, 3.8) is 0 Å². The van der Waals surface area contributed by atoms with E-state index in [4.69, 9.17) is 21.1 Å². The summed E-state index contributed by atoms with van der Waals surface area (Å²) in [4.78, 5) is 0. The van der Waals surface area contributed by atoms with E-state index in [1.54, 1.807) is 0 Å². The number of hydrogen-bond donors (Lipinski definition) is 1. The zero-order chi connectivity index (χ0) is 14.6. The van der Waals surface area contributed by atoms with Crippen LogP contribution in [0.2, 0.25) is 5.02 Å². The van der Waals surface area contributed by atoms with E-state index in [-0.39, 0.29) is 5.02 Å². The van der Waals surface area contributed by atoms with Crippen LogP contribution in [-0.4, -0.2) is 27.4 Å². The fourth-order valence-corrected chi connectivity index (χ4v) is 2.02. The SMILES string of the molecule is CNC(CC(F)(F)F)c1cc(OC)c(OC)cc1Cl. The predicted molar refractivity (Wildman–Crippen MR) is 67.0 cm³/mol. The van der Waals surface area contributed by atoms with E-state index in [0.29, 0.717) is 17.1 Å². The fourth-order valence-electron chi connectivity index (χ4n) is 1.74. The third kappa shape index (κ3) is 4.18. The molecule has 0 saturated carbocycles. The zero-order valence-corrected chi connectivity index (χ0v) is 11.5. The van der Waals surface area contributed by atoms with Crippen molar-refractivity contribution in [3.8, 4) is 11.5 Å². The number of rotatable bonds is 5. The second-order valence-electron chi connectivity index (χ2n) is 3.89. The molecule has 0 aliphatic heterocycles. The maximum Gasteiger partial charge on any atom is 0.390 e. The van der Waals surface area contributed by atoms with E-state index in [1.807, 2.05) is 0 Å². The quantitative estimate of drug-likeness (QED) is 0.901. The van der Waals surface area contributed by atoms with Crippen molar-refractivity contribution in [2.75, 3.05) is 21.3 Å². The number of nitrogens with one attached hydrogen (secondary N) is 1. The molecule has 0 aliphatic carbocycles. The Labute approximate surface area is 114 Å². The van der Waals surface area contributed by atoms with Gasteiger partial charge in [0, 0.05) is 17.1 Å². The van der Waals surface area contributed by atoms with Crippen molar-refractivity contribution >= 4 is 11.6 Å². The van der Waals surface area contributed by atoms with Crippen molar-refractivity contribution in [1.82, 2.24) is 5.32 Å². The topological polar surface area (TPSA) is 30.5 Å². The van der Waals surface area contributed by atoms with E-state index in [1.165, 1.54) is 33.4 Å². The molecule has 19 heavy (non-hydrogen) atoms. The van der Waals surface area contributed by atoms with Gasteiger partial charge in [-0.3, -0.25) is 0 Å². The van der Waals surface area contributed by atoms with E-state index in [2.05, 4.69) is 5.32 Å². The molecule has 0 aromatic heterocycles. The summed E-state index contributed by atoms with van der Waals surface area (Å²) in [6.07, 6.45) is -5.30. The highest BCUT2D eigenvalue weighted by Crippen LogP contribution is 2.38. The fraction of sp³-hybridized carbons (Fsp3) is 0.500. The molecule has 1 aromatic carbocycles. The molecule has 7 heteroatoms. The van der Waals surface area contributed by atoms with Crippen molar-refractivity contribution < 1.29 is 22.6 Å². The molecule has 0 spiro atoms. The zero-order valence-electron chi connectivity index (χ0n) is 10.8. The van der Waals surface area contributed by atoms with Gasteiger partial charge in [0.15, 0.2) is 11.5 Å². The minimum Gasteiger partial charge on any atom is -0.493 e. The minimum atomic E-state index is -4.29. The lowest BCUT2D eigenvalue weighted by Crippen LogP contribution is -2.24. The molecular formula is C12H15ClF3NO2. The summed E-state index contributed by atoms with van der Waals surface area (Å²) in [5.41, 5.74) is 0.319. The van der Waals surface area contributed by atoms with E-state index in [0.717, 1.165) is 0 Å². The van der Waals surface area contributed by atoms with Gasteiger partial charge in [0.2, 0.25) is 0 Å². The number of methoxy groups -OCH3 is 2. The van der Waals surface area contributed by atoms with Crippen LogP contribution in [0, 0.1) is 0 Å². The van der Waals surface area contributed by atoms with Crippen LogP contribution >= 0.6 is 11.6 Å². The molecule has 3 nitrogen and oxygen atoms in total. The normalized spacial score (nSPS) is 13.2. The summed E-state index contributed by atoms with van der Waals surface area (Å²) >= 11 is 6.00. The Bertz CT molecular complexity index is 438. The third-order valence-corrected chi connectivity index (χ3v) is 2.99. The number of hydrogen-bond acceptors (Lipinski definition) is 3. The van der Waals surface area contributed by atoms with Gasteiger partial charge >= 0.3 is 6.18 Å². The van der Waals surface area contributed by atoms with Gasteiger partial charge in [-0.1, -0.05) is 11.6 Å². The highest BCUT2D eigenvalue weighted by Gasteiger charge is 2.33. The number of ether oxygens (including phenoxy) is 2. The maximum absolute atomic E-state index is 12.5.